The number of hydrogen-bond acceptors (Lipinski definition) is 4. The van der Waals surface area contributed by atoms with Crippen molar-refractivity contribution in [1.82, 2.24) is 4.98 Å². The number of rotatable bonds is 1. The predicted molar refractivity (Wildman–Crippen MR) is 49.8 cm³/mol. The smallest absolute Gasteiger partial charge is 0.358 e. The van der Waals surface area contributed by atoms with E-state index in [2.05, 4.69) is 9.72 Å². The Morgan fingerprint density at radius 2 is 2.50 bits per heavy atom. The molecule has 0 amide bonds. The Kier molecular flexibility index (Phi) is 2.29. The summed E-state index contributed by atoms with van der Waals surface area (Å²) in [7, 11) is 1.29. The SMILES string of the molecule is COC(=O)c1nc2c(cc1Cl)CCO2. The number of ether oxygens (including phenoxy) is 2. The van der Waals surface area contributed by atoms with Crippen molar-refractivity contribution in [2.75, 3.05) is 13.7 Å². The molecule has 1 aliphatic heterocycles. The third kappa shape index (κ3) is 1.42. The Bertz CT molecular complexity index is 392. The highest BCUT2D eigenvalue weighted by atomic mass is 35.5. The number of pyridine rings is 1. The lowest BCUT2D eigenvalue weighted by Crippen LogP contribution is -2.06. The highest BCUT2D eigenvalue weighted by molar-refractivity contribution is 6.33. The monoisotopic (exact) mass is 213 g/mol. The Morgan fingerprint density at radius 3 is 3.21 bits per heavy atom. The van der Waals surface area contributed by atoms with Gasteiger partial charge in [0, 0.05) is 12.0 Å². The minimum atomic E-state index is -0.548. The number of nitrogens with zero attached hydrogens (tertiary/aromatic N) is 1. The molecular weight excluding hydrogens is 206 g/mol. The summed E-state index contributed by atoms with van der Waals surface area (Å²) in [4.78, 5) is 15.2. The van der Waals surface area contributed by atoms with E-state index in [0.29, 0.717) is 17.5 Å². The Balaban J connectivity index is 2.47. The molecule has 14 heavy (non-hydrogen) atoms. The summed E-state index contributed by atoms with van der Waals surface area (Å²) in [5, 5.41) is 0.307. The van der Waals surface area contributed by atoms with Crippen LogP contribution in [0.15, 0.2) is 6.07 Å². The molecule has 2 rings (SSSR count). The van der Waals surface area contributed by atoms with E-state index >= 15 is 0 Å². The molecule has 4 nitrogen and oxygen atoms in total. The highest BCUT2D eigenvalue weighted by Gasteiger charge is 2.20. The maximum atomic E-state index is 11.2. The number of carbonyl (C=O) groups excluding carboxylic acids is 1. The fraction of sp³-hybridized carbons (Fsp3) is 0.333. The number of methoxy groups -OCH3 is 1. The van der Waals surface area contributed by atoms with E-state index in [4.69, 9.17) is 16.3 Å². The summed E-state index contributed by atoms with van der Waals surface area (Å²) in [5.74, 6) is -0.0666. The molecule has 0 radical (unpaired) electrons. The fourth-order valence-corrected chi connectivity index (χ4v) is 1.56. The van der Waals surface area contributed by atoms with Gasteiger partial charge in [-0.25, -0.2) is 9.78 Å². The molecule has 0 aromatic carbocycles. The summed E-state index contributed by atoms with van der Waals surface area (Å²) in [5.41, 5.74) is 1.04. The van der Waals surface area contributed by atoms with Crippen LogP contribution >= 0.6 is 11.6 Å². The van der Waals surface area contributed by atoms with E-state index in [-0.39, 0.29) is 5.69 Å². The maximum absolute atomic E-state index is 11.2. The van der Waals surface area contributed by atoms with Crippen LogP contribution in [0.2, 0.25) is 5.02 Å². The first-order valence-electron chi connectivity index (χ1n) is 4.13. The molecule has 0 atom stereocenters. The molecule has 2 heterocycles. The van der Waals surface area contributed by atoms with E-state index in [1.54, 1.807) is 6.07 Å². The van der Waals surface area contributed by atoms with Gasteiger partial charge < -0.3 is 9.47 Å². The lowest BCUT2D eigenvalue weighted by Gasteiger charge is -2.03. The topological polar surface area (TPSA) is 48.4 Å². The summed E-state index contributed by atoms with van der Waals surface area (Å²) >= 11 is 5.86. The first-order valence-corrected chi connectivity index (χ1v) is 4.50. The molecule has 0 N–H and O–H groups in total. The van der Waals surface area contributed by atoms with Crippen molar-refractivity contribution in [3.63, 3.8) is 0 Å². The molecule has 0 spiro atoms. The van der Waals surface area contributed by atoms with Crippen LogP contribution in [0.4, 0.5) is 0 Å². The lowest BCUT2D eigenvalue weighted by molar-refractivity contribution is 0.0593. The van der Waals surface area contributed by atoms with Crippen LogP contribution in [0.1, 0.15) is 16.1 Å². The summed E-state index contributed by atoms with van der Waals surface area (Å²) < 4.78 is 9.75. The first-order chi connectivity index (χ1) is 6.72. The second kappa shape index (κ2) is 3.46. The van der Waals surface area contributed by atoms with Crippen LogP contribution in [0, 0.1) is 0 Å². The molecule has 0 aliphatic carbocycles. The maximum Gasteiger partial charge on any atom is 0.358 e. The molecule has 1 aromatic heterocycles. The van der Waals surface area contributed by atoms with Gasteiger partial charge in [0.1, 0.15) is 0 Å². The number of esters is 1. The standard InChI is InChI=1S/C9H8ClNO3/c1-13-9(12)7-6(10)4-5-2-3-14-8(5)11-7/h4H,2-3H2,1H3. The van der Waals surface area contributed by atoms with Crippen molar-refractivity contribution in [3.8, 4) is 5.88 Å². The normalized spacial score (nSPS) is 13.3. The molecule has 0 bridgehead atoms. The Hall–Kier alpha value is -1.29. The van der Waals surface area contributed by atoms with E-state index in [0.717, 1.165) is 12.0 Å². The zero-order chi connectivity index (χ0) is 10.1. The van der Waals surface area contributed by atoms with Gasteiger partial charge in [-0.05, 0) is 6.07 Å². The second-order valence-corrected chi connectivity index (χ2v) is 3.28. The molecule has 74 valence electrons. The van der Waals surface area contributed by atoms with Crippen LogP contribution < -0.4 is 4.74 Å². The van der Waals surface area contributed by atoms with Crippen molar-refractivity contribution < 1.29 is 14.3 Å². The zero-order valence-corrected chi connectivity index (χ0v) is 8.30. The van der Waals surface area contributed by atoms with Crippen molar-refractivity contribution in [1.29, 1.82) is 0 Å². The van der Waals surface area contributed by atoms with E-state index in [1.165, 1.54) is 7.11 Å². The highest BCUT2D eigenvalue weighted by Crippen LogP contribution is 2.28. The van der Waals surface area contributed by atoms with Crippen LogP contribution in [0.3, 0.4) is 0 Å². The van der Waals surface area contributed by atoms with Crippen LogP contribution in [0.25, 0.3) is 0 Å². The molecule has 0 fully saturated rings. The Labute approximate surface area is 85.8 Å². The van der Waals surface area contributed by atoms with Crippen LogP contribution in [0.5, 0.6) is 5.88 Å². The molecule has 5 heteroatoms. The van der Waals surface area contributed by atoms with Gasteiger partial charge in [-0.2, -0.15) is 0 Å². The molecular formula is C9H8ClNO3. The van der Waals surface area contributed by atoms with E-state index in [1.807, 2.05) is 0 Å². The first kappa shape index (κ1) is 9.27. The van der Waals surface area contributed by atoms with Gasteiger partial charge in [-0.15, -0.1) is 0 Å². The summed E-state index contributed by atoms with van der Waals surface area (Å²) in [6.45, 7) is 0.587. The lowest BCUT2D eigenvalue weighted by atomic mass is 10.2. The van der Waals surface area contributed by atoms with Gasteiger partial charge in [-0.3, -0.25) is 0 Å². The molecule has 0 saturated carbocycles. The number of carbonyl (C=O) groups is 1. The largest absolute Gasteiger partial charge is 0.477 e. The van der Waals surface area contributed by atoms with Crippen LogP contribution in [-0.2, 0) is 11.2 Å². The van der Waals surface area contributed by atoms with Crippen LogP contribution in [-0.4, -0.2) is 24.7 Å². The van der Waals surface area contributed by atoms with Crippen molar-refractivity contribution in [2.24, 2.45) is 0 Å². The predicted octanol–water partition coefficient (Wildman–Crippen LogP) is 1.46. The number of aromatic nitrogens is 1. The van der Waals surface area contributed by atoms with E-state index in [9.17, 15) is 4.79 Å². The van der Waals surface area contributed by atoms with E-state index < -0.39 is 5.97 Å². The van der Waals surface area contributed by atoms with Gasteiger partial charge >= 0.3 is 5.97 Å². The molecule has 0 unspecified atom stereocenters. The fourth-order valence-electron chi connectivity index (χ4n) is 1.31. The minimum Gasteiger partial charge on any atom is -0.477 e. The van der Waals surface area contributed by atoms with Gasteiger partial charge in [-0.1, -0.05) is 11.6 Å². The number of halogens is 1. The molecule has 1 aromatic rings. The van der Waals surface area contributed by atoms with Gasteiger partial charge in [0.25, 0.3) is 0 Å². The summed E-state index contributed by atoms with van der Waals surface area (Å²) in [6, 6.07) is 1.70. The average molecular weight is 214 g/mol. The zero-order valence-electron chi connectivity index (χ0n) is 7.54. The number of fused-ring (bicyclic) bond motifs is 1. The van der Waals surface area contributed by atoms with Gasteiger partial charge in [0.15, 0.2) is 5.69 Å². The van der Waals surface area contributed by atoms with Crippen molar-refractivity contribution in [2.45, 2.75) is 6.42 Å². The molecule has 1 aliphatic rings. The van der Waals surface area contributed by atoms with Gasteiger partial charge in [0.2, 0.25) is 5.88 Å². The van der Waals surface area contributed by atoms with Crippen molar-refractivity contribution in [3.05, 3.63) is 22.3 Å². The van der Waals surface area contributed by atoms with Gasteiger partial charge in [0.05, 0.1) is 18.7 Å². The Morgan fingerprint density at radius 1 is 1.71 bits per heavy atom. The minimum absolute atomic E-state index is 0.106. The summed E-state index contributed by atoms with van der Waals surface area (Å²) in [6.07, 6.45) is 0.781. The quantitative estimate of drug-likeness (QED) is 0.663. The second-order valence-electron chi connectivity index (χ2n) is 2.87. The van der Waals surface area contributed by atoms with Crippen molar-refractivity contribution >= 4 is 17.6 Å². The third-order valence-electron chi connectivity index (χ3n) is 2.00. The third-order valence-corrected chi connectivity index (χ3v) is 2.29. The number of hydrogen-bond donors (Lipinski definition) is 0. The molecule has 0 saturated heterocycles. The average Bonchev–Trinajstić information content (AvgIpc) is 2.62.